The van der Waals surface area contributed by atoms with E-state index in [1.165, 1.54) is 12.1 Å². The lowest BCUT2D eigenvalue weighted by atomic mass is 10.2. The summed E-state index contributed by atoms with van der Waals surface area (Å²) in [6, 6.07) is 6.38. The molecule has 0 amide bonds. The van der Waals surface area contributed by atoms with Gasteiger partial charge in [-0.25, -0.2) is 9.78 Å². The first kappa shape index (κ1) is 12.3. The average molecular weight is 264 g/mol. The van der Waals surface area contributed by atoms with Gasteiger partial charge in [0.15, 0.2) is 0 Å². The van der Waals surface area contributed by atoms with Crippen LogP contribution in [0, 0.1) is 6.92 Å². The largest absolute Gasteiger partial charge is 0.478 e. The summed E-state index contributed by atoms with van der Waals surface area (Å²) in [5, 5.41) is 12.2. The first-order valence-electron chi connectivity index (χ1n) is 5.16. The highest BCUT2D eigenvalue weighted by Crippen LogP contribution is 2.22. The third-order valence-corrected chi connectivity index (χ3v) is 2.56. The molecule has 0 spiro atoms. The molecule has 0 unspecified atom stereocenters. The second-order valence-corrected chi connectivity index (χ2v) is 3.98. The lowest BCUT2D eigenvalue weighted by Gasteiger charge is -2.10. The van der Waals surface area contributed by atoms with Gasteiger partial charge in [0.1, 0.15) is 16.5 Å². The van der Waals surface area contributed by atoms with Crippen molar-refractivity contribution in [3.05, 3.63) is 46.9 Å². The summed E-state index contributed by atoms with van der Waals surface area (Å²) in [7, 11) is 0. The van der Waals surface area contributed by atoms with E-state index in [1.54, 1.807) is 18.3 Å². The molecular formula is C12H10ClN3O2. The second-order valence-electron chi connectivity index (χ2n) is 3.60. The number of halogens is 1. The van der Waals surface area contributed by atoms with Crippen LogP contribution in [0.4, 0.5) is 11.5 Å². The number of carbonyl (C=O) groups is 1. The van der Waals surface area contributed by atoms with Gasteiger partial charge < -0.3 is 10.4 Å². The number of nitrogens with zero attached hydrogens (tertiary/aromatic N) is 2. The van der Waals surface area contributed by atoms with Crippen LogP contribution < -0.4 is 5.32 Å². The third-order valence-electron chi connectivity index (χ3n) is 2.35. The van der Waals surface area contributed by atoms with E-state index in [2.05, 4.69) is 15.3 Å². The maximum atomic E-state index is 11.1. The zero-order valence-corrected chi connectivity index (χ0v) is 10.3. The van der Waals surface area contributed by atoms with Crippen molar-refractivity contribution in [3.8, 4) is 0 Å². The van der Waals surface area contributed by atoms with Crippen LogP contribution in [0.5, 0.6) is 0 Å². The lowest BCUT2D eigenvalue weighted by Crippen LogP contribution is -2.06. The zero-order chi connectivity index (χ0) is 13.1. The molecule has 2 aromatic rings. The van der Waals surface area contributed by atoms with E-state index < -0.39 is 5.97 Å². The Bertz CT molecular complexity index is 602. The highest BCUT2D eigenvalue weighted by molar-refractivity contribution is 6.29. The minimum Gasteiger partial charge on any atom is -0.478 e. The van der Waals surface area contributed by atoms with Gasteiger partial charge >= 0.3 is 5.97 Å². The predicted molar refractivity (Wildman–Crippen MR) is 68.5 cm³/mol. The van der Waals surface area contributed by atoms with E-state index in [-0.39, 0.29) is 16.5 Å². The maximum Gasteiger partial charge on any atom is 0.339 e. The molecule has 92 valence electrons. The van der Waals surface area contributed by atoms with Gasteiger partial charge in [-0.1, -0.05) is 11.6 Å². The number of hydrogen-bond donors (Lipinski definition) is 2. The SMILES string of the molecule is Cc1ncccc1Nc1nc(Cl)ccc1C(=O)O. The van der Waals surface area contributed by atoms with E-state index >= 15 is 0 Å². The van der Waals surface area contributed by atoms with E-state index in [4.69, 9.17) is 16.7 Å². The van der Waals surface area contributed by atoms with Crippen LogP contribution in [0.3, 0.4) is 0 Å². The van der Waals surface area contributed by atoms with Crippen LogP contribution in [-0.2, 0) is 0 Å². The van der Waals surface area contributed by atoms with Crippen LogP contribution in [0.25, 0.3) is 0 Å². The van der Waals surface area contributed by atoms with Crippen LogP contribution >= 0.6 is 11.6 Å². The number of aromatic carboxylic acids is 1. The van der Waals surface area contributed by atoms with Gasteiger partial charge in [-0.2, -0.15) is 0 Å². The monoisotopic (exact) mass is 263 g/mol. The Hall–Kier alpha value is -2.14. The van der Waals surface area contributed by atoms with Gasteiger partial charge in [-0.05, 0) is 31.2 Å². The Morgan fingerprint density at radius 2 is 2.17 bits per heavy atom. The smallest absolute Gasteiger partial charge is 0.339 e. The van der Waals surface area contributed by atoms with Crippen molar-refractivity contribution < 1.29 is 9.90 Å². The Morgan fingerprint density at radius 3 is 2.83 bits per heavy atom. The summed E-state index contributed by atoms with van der Waals surface area (Å²) >= 11 is 5.77. The third kappa shape index (κ3) is 2.57. The van der Waals surface area contributed by atoms with Crippen molar-refractivity contribution in [1.29, 1.82) is 0 Å². The Balaban J connectivity index is 2.42. The van der Waals surface area contributed by atoms with E-state index in [0.717, 1.165) is 5.69 Å². The summed E-state index contributed by atoms with van der Waals surface area (Å²) in [5.74, 6) is -0.866. The molecule has 0 saturated heterocycles. The number of hydrogen-bond acceptors (Lipinski definition) is 4. The second kappa shape index (κ2) is 5.01. The van der Waals surface area contributed by atoms with E-state index in [1.807, 2.05) is 6.92 Å². The lowest BCUT2D eigenvalue weighted by molar-refractivity contribution is 0.0697. The van der Waals surface area contributed by atoms with Gasteiger partial charge in [0.05, 0.1) is 11.4 Å². The van der Waals surface area contributed by atoms with Crippen molar-refractivity contribution in [2.45, 2.75) is 6.92 Å². The van der Waals surface area contributed by atoms with Crippen LogP contribution in [0.2, 0.25) is 5.15 Å². The molecule has 0 aliphatic rings. The topological polar surface area (TPSA) is 75.1 Å². The summed E-state index contributed by atoms with van der Waals surface area (Å²) in [6.45, 7) is 1.81. The van der Waals surface area contributed by atoms with Crippen molar-refractivity contribution in [1.82, 2.24) is 9.97 Å². The summed E-state index contributed by atoms with van der Waals surface area (Å²) in [5.41, 5.74) is 1.49. The van der Waals surface area contributed by atoms with E-state index in [0.29, 0.717) is 5.69 Å². The molecule has 0 radical (unpaired) electrons. The molecule has 2 N–H and O–H groups in total. The first-order valence-corrected chi connectivity index (χ1v) is 5.54. The minimum absolute atomic E-state index is 0.0580. The molecule has 0 atom stereocenters. The zero-order valence-electron chi connectivity index (χ0n) is 9.51. The highest BCUT2D eigenvalue weighted by atomic mass is 35.5. The number of carboxylic acid groups (broad SMARTS) is 1. The Kier molecular flexibility index (Phi) is 3.43. The highest BCUT2D eigenvalue weighted by Gasteiger charge is 2.13. The van der Waals surface area contributed by atoms with Crippen molar-refractivity contribution in [3.63, 3.8) is 0 Å². The minimum atomic E-state index is -1.07. The number of rotatable bonds is 3. The van der Waals surface area contributed by atoms with Gasteiger partial charge in [-0.3, -0.25) is 4.98 Å². The Labute approximate surface area is 108 Å². The molecule has 0 aromatic carbocycles. The maximum absolute atomic E-state index is 11.1. The molecule has 2 aromatic heterocycles. The molecule has 6 heteroatoms. The quantitative estimate of drug-likeness (QED) is 0.833. The molecule has 0 bridgehead atoms. The van der Waals surface area contributed by atoms with Crippen molar-refractivity contribution in [2.75, 3.05) is 5.32 Å². The fourth-order valence-electron chi connectivity index (χ4n) is 1.45. The van der Waals surface area contributed by atoms with Crippen LogP contribution in [0.1, 0.15) is 16.1 Å². The first-order chi connectivity index (χ1) is 8.58. The summed E-state index contributed by atoms with van der Waals surface area (Å²) < 4.78 is 0. The average Bonchev–Trinajstić information content (AvgIpc) is 2.32. The normalized spacial score (nSPS) is 10.1. The molecule has 18 heavy (non-hydrogen) atoms. The summed E-state index contributed by atoms with van der Waals surface area (Å²) in [4.78, 5) is 19.1. The molecule has 0 saturated carbocycles. The number of aryl methyl sites for hydroxylation is 1. The fraction of sp³-hybridized carbons (Fsp3) is 0.0833. The van der Waals surface area contributed by atoms with Gasteiger partial charge in [0.2, 0.25) is 0 Å². The van der Waals surface area contributed by atoms with E-state index in [9.17, 15) is 4.79 Å². The van der Waals surface area contributed by atoms with Crippen LogP contribution in [-0.4, -0.2) is 21.0 Å². The Morgan fingerprint density at radius 1 is 1.39 bits per heavy atom. The standard InChI is InChI=1S/C12H10ClN3O2/c1-7-9(3-2-6-14-7)15-11-8(12(17)18)4-5-10(13)16-11/h2-6H,1H3,(H,15,16)(H,17,18). The van der Waals surface area contributed by atoms with Gasteiger partial charge in [-0.15, -0.1) is 0 Å². The molecule has 0 aliphatic heterocycles. The number of carboxylic acids is 1. The van der Waals surface area contributed by atoms with Gasteiger partial charge in [0, 0.05) is 6.20 Å². The predicted octanol–water partition coefficient (Wildman–Crippen LogP) is 2.88. The molecule has 0 fully saturated rings. The molecular weight excluding hydrogens is 254 g/mol. The molecule has 2 rings (SSSR count). The van der Waals surface area contributed by atoms with Crippen LogP contribution in [0.15, 0.2) is 30.5 Å². The number of anilines is 2. The van der Waals surface area contributed by atoms with Gasteiger partial charge in [0.25, 0.3) is 0 Å². The molecule has 0 aliphatic carbocycles. The molecule has 2 heterocycles. The number of nitrogens with one attached hydrogen (secondary N) is 1. The van der Waals surface area contributed by atoms with Crippen molar-refractivity contribution in [2.24, 2.45) is 0 Å². The number of aromatic nitrogens is 2. The van der Waals surface area contributed by atoms with Crippen molar-refractivity contribution >= 4 is 29.1 Å². The number of pyridine rings is 2. The fourth-order valence-corrected chi connectivity index (χ4v) is 1.59. The summed E-state index contributed by atoms with van der Waals surface area (Å²) in [6.07, 6.45) is 1.66. The molecule has 5 nitrogen and oxygen atoms in total.